The van der Waals surface area contributed by atoms with Crippen molar-refractivity contribution in [3.05, 3.63) is 89.9 Å². The molecule has 0 aliphatic heterocycles. The van der Waals surface area contributed by atoms with Gasteiger partial charge < -0.3 is 9.73 Å². The minimum Gasteiger partial charge on any atom is -0.467 e. The number of hydrogen-bond acceptors (Lipinski definition) is 4. The van der Waals surface area contributed by atoms with Crippen molar-refractivity contribution >= 4 is 11.6 Å². The van der Waals surface area contributed by atoms with E-state index in [0.29, 0.717) is 11.3 Å². The van der Waals surface area contributed by atoms with Crippen LogP contribution in [0.2, 0.25) is 0 Å². The van der Waals surface area contributed by atoms with Gasteiger partial charge in [0.1, 0.15) is 5.76 Å². The van der Waals surface area contributed by atoms with Crippen molar-refractivity contribution in [3.8, 4) is 6.07 Å². The van der Waals surface area contributed by atoms with E-state index in [1.165, 1.54) is 0 Å². The maximum atomic E-state index is 12.6. The lowest BCUT2D eigenvalue weighted by Gasteiger charge is -2.22. The average molecular weight is 345 g/mol. The van der Waals surface area contributed by atoms with E-state index in [-0.39, 0.29) is 11.9 Å². The van der Waals surface area contributed by atoms with Gasteiger partial charge in [0.05, 0.1) is 30.0 Å². The molecule has 5 heteroatoms. The standard InChI is InChI=1S/C21H19N3O2/c1-15(21(25)24-18-10-5-7-16(13-18)14-22)23-20(19-11-6-12-26-19)17-8-3-2-4-9-17/h2-13,15,20,23H,1H3,(H,24,25)/t15-,20-/m0/s1. The first-order valence-corrected chi connectivity index (χ1v) is 8.33. The SMILES string of the molecule is C[C@H](N[C@@H](c1ccccc1)c1ccco1)C(=O)Nc1cccc(C#N)c1. The third kappa shape index (κ3) is 4.18. The van der Waals surface area contributed by atoms with Gasteiger partial charge in [-0.25, -0.2) is 0 Å². The second-order valence-electron chi connectivity index (χ2n) is 5.93. The van der Waals surface area contributed by atoms with Gasteiger partial charge in [0.25, 0.3) is 0 Å². The van der Waals surface area contributed by atoms with Crippen LogP contribution in [0.5, 0.6) is 0 Å². The molecule has 0 radical (unpaired) electrons. The van der Waals surface area contributed by atoms with E-state index in [9.17, 15) is 4.79 Å². The molecule has 26 heavy (non-hydrogen) atoms. The molecule has 0 spiro atoms. The molecule has 0 unspecified atom stereocenters. The van der Waals surface area contributed by atoms with E-state index < -0.39 is 6.04 Å². The third-order valence-electron chi connectivity index (χ3n) is 4.03. The first kappa shape index (κ1) is 17.5. The Labute approximate surface area is 152 Å². The molecule has 5 nitrogen and oxygen atoms in total. The summed E-state index contributed by atoms with van der Waals surface area (Å²) in [6.07, 6.45) is 1.62. The molecule has 1 heterocycles. The van der Waals surface area contributed by atoms with Crippen molar-refractivity contribution in [1.29, 1.82) is 5.26 Å². The lowest BCUT2D eigenvalue weighted by Crippen LogP contribution is -2.40. The average Bonchev–Trinajstić information content (AvgIpc) is 3.21. The fourth-order valence-corrected chi connectivity index (χ4v) is 2.69. The predicted molar refractivity (Wildman–Crippen MR) is 99.4 cm³/mol. The monoisotopic (exact) mass is 345 g/mol. The maximum Gasteiger partial charge on any atom is 0.241 e. The van der Waals surface area contributed by atoms with E-state index in [4.69, 9.17) is 9.68 Å². The fraction of sp³-hybridized carbons (Fsp3) is 0.143. The van der Waals surface area contributed by atoms with E-state index in [1.54, 1.807) is 37.5 Å². The summed E-state index contributed by atoms with van der Waals surface area (Å²) in [5.41, 5.74) is 2.10. The minimum absolute atomic E-state index is 0.187. The summed E-state index contributed by atoms with van der Waals surface area (Å²) in [6.45, 7) is 1.79. The Morgan fingerprint density at radius 3 is 2.58 bits per heavy atom. The third-order valence-corrected chi connectivity index (χ3v) is 4.03. The molecule has 2 aromatic carbocycles. The quantitative estimate of drug-likeness (QED) is 0.711. The van der Waals surface area contributed by atoms with Gasteiger partial charge in [0, 0.05) is 5.69 Å². The zero-order valence-electron chi connectivity index (χ0n) is 14.3. The van der Waals surface area contributed by atoms with Crippen LogP contribution in [0.25, 0.3) is 0 Å². The lowest BCUT2D eigenvalue weighted by molar-refractivity contribution is -0.117. The van der Waals surface area contributed by atoms with Gasteiger partial charge in [-0.1, -0.05) is 36.4 Å². The van der Waals surface area contributed by atoms with Crippen molar-refractivity contribution in [3.63, 3.8) is 0 Å². The molecular weight excluding hydrogens is 326 g/mol. The first-order chi connectivity index (χ1) is 12.7. The number of nitrogens with zero attached hydrogens (tertiary/aromatic N) is 1. The molecule has 2 N–H and O–H groups in total. The molecule has 0 fully saturated rings. The number of rotatable bonds is 6. The second-order valence-corrected chi connectivity index (χ2v) is 5.93. The molecule has 1 aromatic heterocycles. The fourth-order valence-electron chi connectivity index (χ4n) is 2.69. The highest BCUT2D eigenvalue weighted by molar-refractivity contribution is 5.94. The molecule has 0 aliphatic carbocycles. The molecule has 0 saturated heterocycles. The molecule has 130 valence electrons. The summed E-state index contributed by atoms with van der Waals surface area (Å²) < 4.78 is 5.55. The molecular formula is C21H19N3O2. The molecule has 1 amide bonds. The Balaban J connectivity index is 1.74. The van der Waals surface area contributed by atoms with Crippen molar-refractivity contribution in [2.45, 2.75) is 19.0 Å². The van der Waals surface area contributed by atoms with Crippen LogP contribution in [0.4, 0.5) is 5.69 Å². The van der Waals surface area contributed by atoms with Crippen LogP contribution in [-0.2, 0) is 4.79 Å². The maximum absolute atomic E-state index is 12.6. The van der Waals surface area contributed by atoms with Crippen molar-refractivity contribution in [1.82, 2.24) is 5.32 Å². The van der Waals surface area contributed by atoms with Crippen LogP contribution in [0.1, 0.15) is 29.9 Å². The zero-order chi connectivity index (χ0) is 18.4. The smallest absolute Gasteiger partial charge is 0.241 e. The largest absolute Gasteiger partial charge is 0.467 e. The Kier molecular flexibility index (Phi) is 5.47. The van der Waals surface area contributed by atoms with Gasteiger partial charge in [0.15, 0.2) is 0 Å². The number of nitrogens with one attached hydrogen (secondary N) is 2. The normalized spacial score (nSPS) is 12.8. The van der Waals surface area contributed by atoms with Gasteiger partial charge in [0.2, 0.25) is 5.91 Å². The number of furan rings is 1. The topological polar surface area (TPSA) is 78.1 Å². The number of benzene rings is 2. The lowest BCUT2D eigenvalue weighted by atomic mass is 10.0. The number of carbonyl (C=O) groups excluding carboxylic acids is 1. The Morgan fingerprint density at radius 1 is 1.08 bits per heavy atom. The van der Waals surface area contributed by atoms with Crippen LogP contribution in [0.15, 0.2) is 77.4 Å². The molecule has 3 rings (SSSR count). The minimum atomic E-state index is -0.476. The van der Waals surface area contributed by atoms with Crippen LogP contribution in [0, 0.1) is 11.3 Å². The molecule has 3 aromatic rings. The Bertz CT molecular complexity index is 899. The van der Waals surface area contributed by atoms with Crippen LogP contribution in [-0.4, -0.2) is 11.9 Å². The summed E-state index contributed by atoms with van der Waals surface area (Å²) in [6, 6.07) is 21.7. The highest BCUT2D eigenvalue weighted by Gasteiger charge is 2.22. The predicted octanol–water partition coefficient (Wildman–Crippen LogP) is 3.86. The number of hydrogen-bond donors (Lipinski definition) is 2. The number of carbonyl (C=O) groups is 1. The number of anilines is 1. The van der Waals surface area contributed by atoms with E-state index in [2.05, 4.69) is 16.7 Å². The van der Waals surface area contributed by atoms with E-state index >= 15 is 0 Å². The van der Waals surface area contributed by atoms with Crippen molar-refractivity contribution < 1.29 is 9.21 Å². The number of nitriles is 1. The van der Waals surface area contributed by atoms with Crippen LogP contribution in [0.3, 0.4) is 0 Å². The van der Waals surface area contributed by atoms with Gasteiger partial charge in [-0.3, -0.25) is 10.1 Å². The first-order valence-electron chi connectivity index (χ1n) is 8.33. The highest BCUT2D eigenvalue weighted by atomic mass is 16.3. The molecule has 0 saturated carbocycles. The summed E-state index contributed by atoms with van der Waals surface area (Å²) in [5.74, 6) is 0.551. The summed E-state index contributed by atoms with van der Waals surface area (Å²) in [5, 5.41) is 15.1. The van der Waals surface area contributed by atoms with E-state index in [0.717, 1.165) is 11.3 Å². The van der Waals surface area contributed by atoms with Crippen molar-refractivity contribution in [2.75, 3.05) is 5.32 Å². The van der Waals surface area contributed by atoms with Gasteiger partial charge in [-0.05, 0) is 42.8 Å². The van der Waals surface area contributed by atoms with Crippen molar-refractivity contribution in [2.24, 2.45) is 0 Å². The van der Waals surface area contributed by atoms with E-state index in [1.807, 2.05) is 42.5 Å². The Morgan fingerprint density at radius 2 is 1.88 bits per heavy atom. The van der Waals surface area contributed by atoms with Crippen LogP contribution >= 0.6 is 0 Å². The Hall–Kier alpha value is -3.36. The molecule has 2 atom stereocenters. The summed E-state index contributed by atoms with van der Waals surface area (Å²) in [7, 11) is 0. The molecule has 0 aliphatic rings. The number of amides is 1. The molecule has 0 bridgehead atoms. The van der Waals surface area contributed by atoms with Crippen LogP contribution < -0.4 is 10.6 Å². The summed E-state index contributed by atoms with van der Waals surface area (Å²) >= 11 is 0. The summed E-state index contributed by atoms with van der Waals surface area (Å²) in [4.78, 5) is 12.6. The second kappa shape index (κ2) is 8.15. The zero-order valence-corrected chi connectivity index (χ0v) is 14.3. The highest BCUT2D eigenvalue weighted by Crippen LogP contribution is 2.23. The van der Waals surface area contributed by atoms with Gasteiger partial charge >= 0.3 is 0 Å². The van der Waals surface area contributed by atoms with Gasteiger partial charge in [-0.2, -0.15) is 5.26 Å². The van der Waals surface area contributed by atoms with Gasteiger partial charge in [-0.15, -0.1) is 0 Å².